The highest BCUT2D eigenvalue weighted by molar-refractivity contribution is 5.71. The molecule has 0 bridgehead atoms. The third-order valence-corrected chi connectivity index (χ3v) is 5.89. The van der Waals surface area contributed by atoms with E-state index in [1.165, 1.54) is 18.5 Å². The molecule has 3 rings (SSSR count). The molecule has 8 heteroatoms. The standard InChI is InChI=1S/C28H30F3NO4/c1-3-21-15-25(6-4-23(21)14-20(17-33)18-34)35-13-10-19(2)36-27-7-5-24(28(29,30)31)16-26(27)22-8-11-32-12-9-22/h4-9,11-12,15-17,19-20,34H,3,10,13-14,18H2,1-2H3/t19-,20?/m1/s1. The Labute approximate surface area is 208 Å². The third-order valence-electron chi connectivity index (χ3n) is 5.89. The van der Waals surface area contributed by atoms with Gasteiger partial charge < -0.3 is 19.4 Å². The Bertz CT molecular complexity index is 1140. The average Bonchev–Trinajstić information content (AvgIpc) is 2.87. The zero-order chi connectivity index (χ0) is 26.1. The van der Waals surface area contributed by atoms with E-state index in [0.717, 1.165) is 36.0 Å². The number of benzene rings is 2. The smallest absolute Gasteiger partial charge is 0.416 e. The second-order valence-electron chi connectivity index (χ2n) is 8.58. The van der Waals surface area contributed by atoms with E-state index < -0.39 is 17.7 Å². The summed E-state index contributed by atoms with van der Waals surface area (Å²) in [6.07, 6.45) is 0.782. The Morgan fingerprint density at radius 2 is 1.81 bits per heavy atom. The molecule has 0 spiro atoms. The van der Waals surface area contributed by atoms with Crippen molar-refractivity contribution < 1.29 is 32.5 Å². The van der Waals surface area contributed by atoms with Gasteiger partial charge in [-0.3, -0.25) is 4.98 Å². The number of aliphatic hydroxyl groups is 1. The van der Waals surface area contributed by atoms with E-state index in [1.807, 2.05) is 32.0 Å². The largest absolute Gasteiger partial charge is 0.493 e. The molecule has 0 aliphatic carbocycles. The number of aldehydes is 1. The van der Waals surface area contributed by atoms with Gasteiger partial charge in [-0.05, 0) is 78.9 Å². The van der Waals surface area contributed by atoms with Gasteiger partial charge in [-0.2, -0.15) is 13.2 Å². The number of halogens is 3. The molecule has 192 valence electrons. The van der Waals surface area contributed by atoms with E-state index in [-0.39, 0.29) is 12.7 Å². The molecule has 1 N–H and O–H groups in total. The first-order valence-electron chi connectivity index (χ1n) is 11.8. The molecule has 1 aromatic heterocycles. The van der Waals surface area contributed by atoms with Gasteiger partial charge in [0.05, 0.1) is 24.9 Å². The lowest BCUT2D eigenvalue weighted by atomic mass is 9.95. The fourth-order valence-electron chi connectivity index (χ4n) is 3.84. The van der Waals surface area contributed by atoms with Gasteiger partial charge in [0, 0.05) is 30.3 Å². The van der Waals surface area contributed by atoms with E-state index in [9.17, 15) is 23.1 Å². The quantitative estimate of drug-likeness (QED) is 0.312. The van der Waals surface area contributed by atoms with Crippen molar-refractivity contribution in [3.05, 3.63) is 77.6 Å². The van der Waals surface area contributed by atoms with Crippen molar-refractivity contribution in [3.63, 3.8) is 0 Å². The van der Waals surface area contributed by atoms with Crippen LogP contribution in [0.25, 0.3) is 11.1 Å². The highest BCUT2D eigenvalue weighted by atomic mass is 19.4. The summed E-state index contributed by atoms with van der Waals surface area (Å²) in [6.45, 7) is 4.01. The molecule has 0 fully saturated rings. The van der Waals surface area contributed by atoms with Crippen LogP contribution in [-0.2, 0) is 23.8 Å². The molecule has 5 nitrogen and oxygen atoms in total. The monoisotopic (exact) mass is 501 g/mol. The minimum atomic E-state index is -4.46. The van der Waals surface area contributed by atoms with Crippen LogP contribution < -0.4 is 9.47 Å². The number of carbonyl (C=O) groups is 1. The molecule has 0 saturated carbocycles. The Morgan fingerprint density at radius 3 is 2.44 bits per heavy atom. The second-order valence-corrected chi connectivity index (χ2v) is 8.58. The molecule has 1 unspecified atom stereocenters. The van der Waals surface area contributed by atoms with E-state index in [2.05, 4.69) is 4.98 Å². The molecular weight excluding hydrogens is 471 g/mol. The molecule has 2 atom stereocenters. The third kappa shape index (κ3) is 7.31. The molecule has 1 heterocycles. The number of carbonyl (C=O) groups excluding carboxylic acids is 1. The van der Waals surface area contributed by atoms with Crippen LogP contribution in [0.3, 0.4) is 0 Å². The van der Waals surface area contributed by atoms with E-state index >= 15 is 0 Å². The SMILES string of the molecule is CCc1cc(OCC[C@@H](C)Oc2ccc(C(F)(F)F)cc2-c2ccncc2)ccc1CC(C=O)CO. The summed E-state index contributed by atoms with van der Waals surface area (Å²) >= 11 is 0. The van der Waals surface area contributed by atoms with Gasteiger partial charge in [0.1, 0.15) is 17.8 Å². The van der Waals surface area contributed by atoms with Gasteiger partial charge in [-0.25, -0.2) is 0 Å². The number of alkyl halides is 3. The number of hydrogen-bond acceptors (Lipinski definition) is 5. The first-order chi connectivity index (χ1) is 17.2. The highest BCUT2D eigenvalue weighted by Crippen LogP contribution is 2.37. The molecular formula is C28H30F3NO4. The summed E-state index contributed by atoms with van der Waals surface area (Å²) in [5, 5.41) is 9.29. The van der Waals surface area contributed by atoms with Gasteiger partial charge in [-0.15, -0.1) is 0 Å². The van der Waals surface area contributed by atoms with Gasteiger partial charge >= 0.3 is 6.18 Å². The maximum Gasteiger partial charge on any atom is 0.416 e. The first kappa shape index (κ1) is 27.2. The molecule has 0 saturated heterocycles. The van der Waals surface area contributed by atoms with Gasteiger partial charge in [0.25, 0.3) is 0 Å². The molecule has 0 radical (unpaired) electrons. The van der Waals surface area contributed by atoms with Crippen LogP contribution in [0.4, 0.5) is 13.2 Å². The van der Waals surface area contributed by atoms with Crippen LogP contribution in [0, 0.1) is 5.92 Å². The van der Waals surface area contributed by atoms with Crippen molar-refractivity contribution in [2.75, 3.05) is 13.2 Å². The predicted molar refractivity (Wildman–Crippen MR) is 131 cm³/mol. The summed E-state index contributed by atoms with van der Waals surface area (Å²) in [7, 11) is 0. The number of aliphatic hydroxyl groups excluding tert-OH is 1. The minimum absolute atomic E-state index is 0.190. The fourth-order valence-corrected chi connectivity index (χ4v) is 3.84. The van der Waals surface area contributed by atoms with Crippen LogP contribution in [0.15, 0.2) is 60.9 Å². The van der Waals surface area contributed by atoms with Crippen molar-refractivity contribution in [1.29, 1.82) is 0 Å². The molecule has 0 aliphatic heterocycles. The van der Waals surface area contributed by atoms with Crippen molar-refractivity contribution in [2.45, 2.75) is 45.4 Å². The van der Waals surface area contributed by atoms with Gasteiger partial charge in [0.15, 0.2) is 0 Å². The molecule has 2 aromatic carbocycles. The normalized spacial score (nSPS) is 13.2. The number of rotatable bonds is 12. The maximum atomic E-state index is 13.3. The van der Waals surface area contributed by atoms with Crippen LogP contribution in [-0.4, -0.2) is 35.7 Å². The van der Waals surface area contributed by atoms with E-state index in [4.69, 9.17) is 9.47 Å². The van der Waals surface area contributed by atoms with Crippen molar-refractivity contribution >= 4 is 6.29 Å². The Morgan fingerprint density at radius 1 is 1.06 bits per heavy atom. The minimum Gasteiger partial charge on any atom is -0.493 e. The Balaban J connectivity index is 1.65. The number of hydrogen-bond donors (Lipinski definition) is 1. The zero-order valence-corrected chi connectivity index (χ0v) is 20.3. The summed E-state index contributed by atoms with van der Waals surface area (Å²) in [5.41, 5.74) is 2.23. The summed E-state index contributed by atoms with van der Waals surface area (Å²) in [5.74, 6) is 0.608. The number of nitrogens with zero attached hydrogens (tertiary/aromatic N) is 1. The Hall–Kier alpha value is -3.39. The van der Waals surface area contributed by atoms with Crippen LogP contribution >= 0.6 is 0 Å². The Kier molecular flexibility index (Phi) is 9.47. The van der Waals surface area contributed by atoms with Gasteiger partial charge in [0.2, 0.25) is 0 Å². The lowest BCUT2D eigenvalue weighted by molar-refractivity contribution is -0.137. The van der Waals surface area contributed by atoms with Crippen molar-refractivity contribution in [2.24, 2.45) is 5.92 Å². The van der Waals surface area contributed by atoms with Crippen molar-refractivity contribution in [1.82, 2.24) is 4.98 Å². The lowest BCUT2D eigenvalue weighted by Gasteiger charge is -2.19. The number of ether oxygens (including phenoxy) is 2. The molecule has 3 aromatic rings. The van der Waals surface area contributed by atoms with Crippen LogP contribution in [0.5, 0.6) is 11.5 Å². The zero-order valence-electron chi connectivity index (χ0n) is 20.3. The summed E-state index contributed by atoms with van der Waals surface area (Å²) in [6, 6.07) is 12.4. The number of aromatic nitrogens is 1. The first-order valence-corrected chi connectivity index (χ1v) is 11.8. The second kappa shape index (κ2) is 12.5. The van der Waals surface area contributed by atoms with E-state index in [1.54, 1.807) is 12.1 Å². The summed E-state index contributed by atoms with van der Waals surface area (Å²) in [4.78, 5) is 15.0. The van der Waals surface area contributed by atoms with Crippen LogP contribution in [0.1, 0.15) is 37.0 Å². The highest BCUT2D eigenvalue weighted by Gasteiger charge is 2.31. The fraction of sp³-hybridized carbons (Fsp3) is 0.357. The van der Waals surface area contributed by atoms with Gasteiger partial charge in [-0.1, -0.05) is 13.0 Å². The number of pyridine rings is 1. The van der Waals surface area contributed by atoms with Crippen molar-refractivity contribution in [3.8, 4) is 22.6 Å². The topological polar surface area (TPSA) is 68.7 Å². The molecule has 0 aliphatic rings. The molecule has 36 heavy (non-hydrogen) atoms. The molecule has 0 amide bonds. The average molecular weight is 502 g/mol. The van der Waals surface area contributed by atoms with Crippen LogP contribution in [0.2, 0.25) is 0 Å². The maximum absolute atomic E-state index is 13.3. The lowest BCUT2D eigenvalue weighted by Crippen LogP contribution is -2.17. The number of aryl methyl sites for hydroxylation is 1. The van der Waals surface area contributed by atoms with E-state index in [0.29, 0.717) is 42.1 Å². The summed E-state index contributed by atoms with van der Waals surface area (Å²) < 4.78 is 51.8. The predicted octanol–water partition coefficient (Wildman–Crippen LogP) is 5.92.